The van der Waals surface area contributed by atoms with Gasteiger partial charge in [-0.05, 0) is 64.0 Å². The van der Waals surface area contributed by atoms with Crippen LogP contribution in [-0.2, 0) is 0 Å². The number of H-pyrrole nitrogens is 1. The summed E-state index contributed by atoms with van der Waals surface area (Å²) in [6.07, 6.45) is 4.40. The van der Waals surface area contributed by atoms with Crippen molar-refractivity contribution in [1.82, 2.24) is 30.0 Å². The van der Waals surface area contributed by atoms with Crippen LogP contribution in [0.25, 0.3) is 11.3 Å². The van der Waals surface area contributed by atoms with E-state index in [-0.39, 0.29) is 11.9 Å². The monoisotopic (exact) mass is 469 g/mol. The Kier molecular flexibility index (Phi) is 6.99. The van der Waals surface area contributed by atoms with Crippen molar-refractivity contribution in [3.8, 4) is 23.0 Å². The highest BCUT2D eigenvalue weighted by Crippen LogP contribution is 2.29. The SMILES string of the molecule is Cc1ccc(-c2cc(Nc3nc(Oc4ccccc4)nc(C4CCCCN(C)CC4)n3)n[nH]2)cc1. The number of para-hydroxylation sites is 1. The number of aromatic nitrogens is 5. The first-order chi connectivity index (χ1) is 17.1. The minimum atomic E-state index is 0.252. The zero-order chi connectivity index (χ0) is 24.0. The summed E-state index contributed by atoms with van der Waals surface area (Å²) in [6.45, 7) is 4.24. The van der Waals surface area contributed by atoms with Crippen molar-refractivity contribution in [2.75, 3.05) is 25.5 Å². The number of benzene rings is 2. The van der Waals surface area contributed by atoms with E-state index in [1.807, 2.05) is 36.4 Å². The molecule has 0 amide bonds. The molecule has 3 heterocycles. The molecule has 1 atom stereocenters. The summed E-state index contributed by atoms with van der Waals surface area (Å²) in [5.74, 6) is 2.77. The lowest BCUT2D eigenvalue weighted by Crippen LogP contribution is -2.25. The summed E-state index contributed by atoms with van der Waals surface area (Å²) in [6, 6.07) is 20.1. The Morgan fingerprint density at radius 1 is 0.943 bits per heavy atom. The van der Waals surface area contributed by atoms with Gasteiger partial charge >= 0.3 is 6.01 Å². The molecule has 1 aliphatic rings. The molecule has 2 aromatic carbocycles. The van der Waals surface area contributed by atoms with Gasteiger partial charge in [0, 0.05) is 12.0 Å². The van der Waals surface area contributed by atoms with E-state index in [2.05, 4.69) is 63.6 Å². The summed E-state index contributed by atoms with van der Waals surface area (Å²) < 4.78 is 6.01. The quantitative estimate of drug-likeness (QED) is 0.374. The molecule has 0 aliphatic carbocycles. The van der Waals surface area contributed by atoms with Crippen molar-refractivity contribution in [2.24, 2.45) is 0 Å². The fourth-order valence-corrected chi connectivity index (χ4v) is 4.29. The maximum Gasteiger partial charge on any atom is 0.327 e. The molecule has 1 aliphatic heterocycles. The number of hydrogen-bond acceptors (Lipinski definition) is 7. The Morgan fingerprint density at radius 3 is 2.60 bits per heavy atom. The number of nitrogens with zero attached hydrogens (tertiary/aromatic N) is 5. The van der Waals surface area contributed by atoms with Crippen LogP contribution in [0.15, 0.2) is 60.7 Å². The number of hydrogen-bond donors (Lipinski definition) is 2. The van der Waals surface area contributed by atoms with Crippen molar-refractivity contribution >= 4 is 11.8 Å². The average molecular weight is 470 g/mol. The van der Waals surface area contributed by atoms with Gasteiger partial charge in [0.2, 0.25) is 5.95 Å². The molecule has 8 heteroatoms. The Hall–Kier alpha value is -3.78. The predicted molar refractivity (Wildman–Crippen MR) is 137 cm³/mol. The first-order valence-corrected chi connectivity index (χ1v) is 12.2. The van der Waals surface area contributed by atoms with Crippen LogP contribution in [-0.4, -0.2) is 50.2 Å². The van der Waals surface area contributed by atoms with Crippen molar-refractivity contribution in [3.05, 3.63) is 72.1 Å². The molecular weight excluding hydrogens is 438 g/mol. The molecule has 2 N–H and O–H groups in total. The number of nitrogens with one attached hydrogen (secondary N) is 2. The van der Waals surface area contributed by atoms with Gasteiger partial charge in [0.15, 0.2) is 5.82 Å². The number of aromatic amines is 1. The minimum Gasteiger partial charge on any atom is -0.424 e. The van der Waals surface area contributed by atoms with E-state index < -0.39 is 0 Å². The van der Waals surface area contributed by atoms with Gasteiger partial charge in [-0.3, -0.25) is 5.10 Å². The van der Waals surface area contributed by atoms with Gasteiger partial charge in [0.05, 0.1) is 5.69 Å². The Bertz CT molecular complexity index is 1240. The summed E-state index contributed by atoms with van der Waals surface area (Å²) in [7, 11) is 2.18. The fraction of sp³-hybridized carbons (Fsp3) is 0.333. The molecule has 1 unspecified atom stereocenters. The molecule has 4 aromatic rings. The highest BCUT2D eigenvalue weighted by Gasteiger charge is 2.21. The molecule has 0 bridgehead atoms. The highest BCUT2D eigenvalue weighted by molar-refractivity contribution is 5.64. The molecule has 0 saturated carbocycles. The van der Waals surface area contributed by atoms with Gasteiger partial charge in [-0.1, -0.05) is 54.4 Å². The standard InChI is InChI=1S/C27H31N7O/c1-19-11-13-20(14-12-19)23-18-24(33-32-23)28-26-29-25(21-8-6-7-16-34(2)17-15-21)30-27(31-26)35-22-9-4-3-5-10-22/h3-5,9-14,18,21H,6-8,15-17H2,1-2H3,(H2,28,29,30,31,32,33). The second-order valence-corrected chi connectivity index (χ2v) is 9.16. The predicted octanol–water partition coefficient (Wildman–Crippen LogP) is 5.70. The Morgan fingerprint density at radius 2 is 1.77 bits per heavy atom. The van der Waals surface area contributed by atoms with E-state index in [0.717, 1.165) is 49.4 Å². The van der Waals surface area contributed by atoms with Gasteiger partial charge < -0.3 is 15.0 Å². The van der Waals surface area contributed by atoms with Gasteiger partial charge in [0.25, 0.3) is 0 Å². The number of aryl methyl sites for hydroxylation is 1. The molecule has 1 fully saturated rings. The number of ether oxygens (including phenoxy) is 1. The first kappa shape index (κ1) is 23.0. The van der Waals surface area contributed by atoms with Crippen LogP contribution in [0.4, 0.5) is 11.8 Å². The molecule has 1 saturated heterocycles. The maximum atomic E-state index is 6.01. The van der Waals surface area contributed by atoms with Crippen LogP contribution in [0.2, 0.25) is 0 Å². The van der Waals surface area contributed by atoms with Crippen LogP contribution in [0, 0.1) is 6.92 Å². The molecular formula is C27H31N7O. The van der Waals surface area contributed by atoms with Crippen molar-refractivity contribution in [3.63, 3.8) is 0 Å². The highest BCUT2D eigenvalue weighted by atomic mass is 16.5. The first-order valence-electron chi connectivity index (χ1n) is 12.2. The summed E-state index contributed by atoms with van der Waals surface area (Å²) >= 11 is 0. The van der Waals surface area contributed by atoms with E-state index in [0.29, 0.717) is 17.5 Å². The van der Waals surface area contributed by atoms with Crippen LogP contribution in [0.1, 0.15) is 43.0 Å². The lowest BCUT2D eigenvalue weighted by atomic mass is 9.95. The van der Waals surface area contributed by atoms with Crippen LogP contribution in [0.5, 0.6) is 11.8 Å². The largest absolute Gasteiger partial charge is 0.424 e. The second kappa shape index (κ2) is 10.7. The third-order valence-electron chi connectivity index (χ3n) is 6.33. The maximum absolute atomic E-state index is 6.01. The molecule has 8 nitrogen and oxygen atoms in total. The van der Waals surface area contributed by atoms with Crippen molar-refractivity contribution in [1.29, 1.82) is 0 Å². The fourth-order valence-electron chi connectivity index (χ4n) is 4.29. The van der Waals surface area contributed by atoms with Crippen LogP contribution < -0.4 is 10.1 Å². The molecule has 0 radical (unpaired) electrons. The van der Waals surface area contributed by atoms with E-state index in [9.17, 15) is 0 Å². The van der Waals surface area contributed by atoms with E-state index in [1.165, 1.54) is 12.0 Å². The number of rotatable bonds is 6. The molecule has 5 rings (SSSR count). The summed E-state index contributed by atoms with van der Waals surface area (Å²) in [5, 5.41) is 10.8. The van der Waals surface area contributed by atoms with E-state index >= 15 is 0 Å². The average Bonchev–Trinajstić information content (AvgIpc) is 3.31. The lowest BCUT2D eigenvalue weighted by molar-refractivity contribution is 0.279. The van der Waals surface area contributed by atoms with Crippen molar-refractivity contribution in [2.45, 2.75) is 38.5 Å². The topological polar surface area (TPSA) is 91.8 Å². The zero-order valence-electron chi connectivity index (χ0n) is 20.2. The summed E-state index contributed by atoms with van der Waals surface area (Å²) in [5.41, 5.74) is 3.21. The minimum absolute atomic E-state index is 0.252. The molecule has 180 valence electrons. The third kappa shape index (κ3) is 6.02. The summed E-state index contributed by atoms with van der Waals surface area (Å²) in [4.78, 5) is 16.4. The Labute approximate surface area is 205 Å². The third-order valence-corrected chi connectivity index (χ3v) is 6.33. The number of anilines is 2. The molecule has 35 heavy (non-hydrogen) atoms. The smallest absolute Gasteiger partial charge is 0.327 e. The van der Waals surface area contributed by atoms with Gasteiger partial charge in [-0.15, -0.1) is 0 Å². The van der Waals surface area contributed by atoms with E-state index in [1.54, 1.807) is 0 Å². The van der Waals surface area contributed by atoms with Gasteiger partial charge in [-0.25, -0.2) is 0 Å². The Balaban J connectivity index is 1.42. The lowest BCUT2D eigenvalue weighted by Gasteiger charge is -2.24. The second-order valence-electron chi connectivity index (χ2n) is 9.16. The van der Waals surface area contributed by atoms with Gasteiger partial charge in [-0.2, -0.15) is 20.1 Å². The van der Waals surface area contributed by atoms with Crippen LogP contribution in [0.3, 0.4) is 0 Å². The molecule has 2 aromatic heterocycles. The normalized spacial score (nSPS) is 16.9. The van der Waals surface area contributed by atoms with Gasteiger partial charge in [0.1, 0.15) is 11.6 Å². The zero-order valence-corrected chi connectivity index (χ0v) is 20.2. The number of likely N-dealkylation sites (tertiary alicyclic amines) is 1. The van der Waals surface area contributed by atoms with E-state index in [4.69, 9.17) is 14.7 Å². The van der Waals surface area contributed by atoms with Crippen LogP contribution >= 0.6 is 0 Å². The van der Waals surface area contributed by atoms with Crippen molar-refractivity contribution < 1.29 is 4.74 Å². The molecule has 0 spiro atoms.